The number of barbiturate groups is 1. The molecule has 1 aromatic rings. The first-order valence-electron chi connectivity index (χ1n) is 7.21. The Kier molecular flexibility index (Phi) is 3.27. The van der Waals surface area contributed by atoms with Crippen LogP contribution < -0.4 is 10.2 Å². The van der Waals surface area contributed by atoms with Crippen LogP contribution in [0.15, 0.2) is 0 Å². The van der Waals surface area contributed by atoms with Gasteiger partial charge in [0.15, 0.2) is 0 Å². The number of urea groups is 1. The van der Waals surface area contributed by atoms with E-state index < -0.39 is 23.8 Å². The van der Waals surface area contributed by atoms with Crippen LogP contribution in [0, 0.1) is 25.7 Å². The molecular formula is C14H18N4O3. The second-order valence-electron chi connectivity index (χ2n) is 5.77. The van der Waals surface area contributed by atoms with Gasteiger partial charge in [-0.1, -0.05) is 12.8 Å². The highest BCUT2D eigenvalue weighted by Crippen LogP contribution is 2.36. The van der Waals surface area contributed by atoms with E-state index in [9.17, 15) is 14.4 Å². The molecule has 112 valence electrons. The summed E-state index contributed by atoms with van der Waals surface area (Å²) < 4.78 is 0. The first-order chi connectivity index (χ1) is 10.0. The minimum Gasteiger partial charge on any atom is -0.280 e. The molecule has 1 saturated heterocycles. The van der Waals surface area contributed by atoms with Crippen LogP contribution >= 0.6 is 0 Å². The van der Waals surface area contributed by atoms with Crippen molar-refractivity contribution < 1.29 is 14.4 Å². The molecule has 2 N–H and O–H groups in total. The second-order valence-corrected chi connectivity index (χ2v) is 5.77. The van der Waals surface area contributed by atoms with Gasteiger partial charge in [-0.05, 0) is 32.6 Å². The number of hydrogen-bond acceptors (Lipinski definition) is 4. The molecule has 7 heteroatoms. The molecule has 1 aliphatic heterocycles. The zero-order chi connectivity index (χ0) is 15.1. The van der Waals surface area contributed by atoms with Crippen molar-refractivity contribution in [1.82, 2.24) is 15.5 Å². The first kappa shape index (κ1) is 13.8. The number of aryl methyl sites for hydroxylation is 2. The summed E-state index contributed by atoms with van der Waals surface area (Å²) in [6.45, 7) is 3.47. The normalized spacial score (nSPS) is 23.8. The van der Waals surface area contributed by atoms with Gasteiger partial charge >= 0.3 is 6.03 Å². The Morgan fingerprint density at radius 2 is 1.81 bits per heavy atom. The van der Waals surface area contributed by atoms with Gasteiger partial charge in [0.25, 0.3) is 0 Å². The van der Waals surface area contributed by atoms with E-state index in [0.29, 0.717) is 17.1 Å². The SMILES string of the molecule is Cc1n[nH]c(C)c1N1C(=O)NC(=O)C(C2CCCC2)C1=O. The van der Waals surface area contributed by atoms with Gasteiger partial charge in [-0.25, -0.2) is 9.69 Å². The topological polar surface area (TPSA) is 95.2 Å². The molecule has 0 radical (unpaired) electrons. The Labute approximate surface area is 122 Å². The van der Waals surface area contributed by atoms with Gasteiger partial charge in [0, 0.05) is 0 Å². The zero-order valence-corrected chi connectivity index (χ0v) is 12.1. The van der Waals surface area contributed by atoms with Crippen molar-refractivity contribution in [3.8, 4) is 0 Å². The lowest BCUT2D eigenvalue weighted by Gasteiger charge is -2.32. The largest absolute Gasteiger partial charge is 0.335 e. The molecule has 0 bridgehead atoms. The van der Waals surface area contributed by atoms with Crippen molar-refractivity contribution in [2.75, 3.05) is 4.90 Å². The molecule has 1 unspecified atom stereocenters. The molecule has 1 saturated carbocycles. The van der Waals surface area contributed by atoms with Crippen LogP contribution in [0.1, 0.15) is 37.1 Å². The van der Waals surface area contributed by atoms with Gasteiger partial charge in [0.05, 0.1) is 17.1 Å². The number of amides is 4. The summed E-state index contributed by atoms with van der Waals surface area (Å²) in [5.41, 5.74) is 1.65. The van der Waals surface area contributed by atoms with Crippen LogP contribution in [0.4, 0.5) is 10.5 Å². The van der Waals surface area contributed by atoms with Crippen LogP contribution in [-0.2, 0) is 9.59 Å². The molecule has 0 spiro atoms. The average molecular weight is 290 g/mol. The van der Waals surface area contributed by atoms with Crippen molar-refractivity contribution in [3.05, 3.63) is 11.4 Å². The van der Waals surface area contributed by atoms with Gasteiger partial charge in [-0.15, -0.1) is 0 Å². The minimum atomic E-state index is -0.765. The van der Waals surface area contributed by atoms with Crippen LogP contribution in [0.5, 0.6) is 0 Å². The van der Waals surface area contributed by atoms with Crippen molar-refractivity contribution in [1.29, 1.82) is 0 Å². The number of carbonyl (C=O) groups excluding carboxylic acids is 3. The number of imide groups is 2. The number of rotatable bonds is 2. The first-order valence-corrected chi connectivity index (χ1v) is 7.21. The molecule has 2 aliphatic rings. The van der Waals surface area contributed by atoms with E-state index in [-0.39, 0.29) is 5.92 Å². The number of anilines is 1. The Bertz CT molecular complexity index is 596. The van der Waals surface area contributed by atoms with Crippen molar-refractivity contribution in [3.63, 3.8) is 0 Å². The highest BCUT2D eigenvalue weighted by molar-refractivity contribution is 6.28. The van der Waals surface area contributed by atoms with Gasteiger partial charge < -0.3 is 0 Å². The standard InChI is InChI=1S/C14H18N4O3/c1-7-11(8(2)17-16-7)18-13(20)10(9-5-3-4-6-9)12(19)15-14(18)21/h9-10H,3-6H2,1-2H3,(H,16,17)(H,15,19,21). The van der Waals surface area contributed by atoms with E-state index in [2.05, 4.69) is 15.5 Å². The molecule has 4 amide bonds. The molecule has 21 heavy (non-hydrogen) atoms. The molecule has 1 aromatic heterocycles. The van der Waals surface area contributed by atoms with E-state index in [4.69, 9.17) is 0 Å². The predicted molar refractivity (Wildman–Crippen MR) is 74.5 cm³/mol. The molecule has 7 nitrogen and oxygen atoms in total. The predicted octanol–water partition coefficient (Wildman–Crippen LogP) is 1.42. The maximum Gasteiger partial charge on any atom is 0.335 e. The quantitative estimate of drug-likeness (QED) is 0.805. The van der Waals surface area contributed by atoms with Crippen LogP contribution in [0.3, 0.4) is 0 Å². The molecule has 1 atom stereocenters. The van der Waals surface area contributed by atoms with Gasteiger partial charge in [0.2, 0.25) is 11.8 Å². The van der Waals surface area contributed by atoms with E-state index in [1.807, 2.05) is 0 Å². The molecule has 1 aliphatic carbocycles. The van der Waals surface area contributed by atoms with Crippen LogP contribution in [0.25, 0.3) is 0 Å². The summed E-state index contributed by atoms with van der Waals surface area (Å²) in [6.07, 6.45) is 3.77. The molecule has 2 fully saturated rings. The second kappa shape index (κ2) is 4.98. The Balaban J connectivity index is 1.98. The summed E-state index contributed by atoms with van der Waals surface area (Å²) in [5.74, 6) is -1.63. The number of carbonyl (C=O) groups is 3. The molecule has 2 heterocycles. The third-order valence-electron chi connectivity index (χ3n) is 4.39. The maximum atomic E-state index is 12.7. The fourth-order valence-electron chi connectivity index (χ4n) is 3.38. The smallest absolute Gasteiger partial charge is 0.280 e. The van der Waals surface area contributed by atoms with Crippen LogP contribution in [0.2, 0.25) is 0 Å². The van der Waals surface area contributed by atoms with Gasteiger partial charge in [-0.3, -0.25) is 20.0 Å². The fourth-order valence-corrected chi connectivity index (χ4v) is 3.38. The Morgan fingerprint density at radius 1 is 1.14 bits per heavy atom. The summed E-state index contributed by atoms with van der Waals surface area (Å²) in [5, 5.41) is 9.10. The van der Waals surface area contributed by atoms with Crippen LogP contribution in [-0.4, -0.2) is 28.0 Å². The number of aromatic amines is 1. The lowest BCUT2D eigenvalue weighted by Crippen LogP contribution is -2.60. The van der Waals surface area contributed by atoms with Gasteiger partial charge in [0.1, 0.15) is 5.92 Å². The van der Waals surface area contributed by atoms with E-state index in [1.54, 1.807) is 13.8 Å². The molecule has 0 aromatic carbocycles. The highest BCUT2D eigenvalue weighted by atomic mass is 16.2. The zero-order valence-electron chi connectivity index (χ0n) is 12.1. The third-order valence-corrected chi connectivity index (χ3v) is 4.39. The van der Waals surface area contributed by atoms with E-state index in [0.717, 1.165) is 30.6 Å². The number of aromatic nitrogens is 2. The summed E-state index contributed by atoms with van der Waals surface area (Å²) >= 11 is 0. The Hall–Kier alpha value is -2.18. The lowest BCUT2D eigenvalue weighted by molar-refractivity contribution is -0.136. The summed E-state index contributed by atoms with van der Waals surface area (Å²) in [7, 11) is 0. The van der Waals surface area contributed by atoms with Crippen molar-refractivity contribution in [2.24, 2.45) is 11.8 Å². The highest BCUT2D eigenvalue weighted by Gasteiger charge is 2.46. The third kappa shape index (κ3) is 2.12. The van der Waals surface area contributed by atoms with E-state index in [1.165, 1.54) is 0 Å². The number of nitrogens with zero attached hydrogens (tertiary/aromatic N) is 2. The maximum absolute atomic E-state index is 12.7. The Morgan fingerprint density at radius 3 is 2.38 bits per heavy atom. The van der Waals surface area contributed by atoms with Crippen molar-refractivity contribution in [2.45, 2.75) is 39.5 Å². The van der Waals surface area contributed by atoms with E-state index >= 15 is 0 Å². The fraction of sp³-hybridized carbons (Fsp3) is 0.571. The lowest BCUT2D eigenvalue weighted by atomic mass is 9.87. The number of H-pyrrole nitrogens is 1. The van der Waals surface area contributed by atoms with Crippen molar-refractivity contribution >= 4 is 23.5 Å². The molecule has 3 rings (SSSR count). The number of nitrogens with one attached hydrogen (secondary N) is 2. The molecular weight excluding hydrogens is 272 g/mol. The summed E-state index contributed by atoms with van der Waals surface area (Å²) in [4.78, 5) is 38.0. The summed E-state index contributed by atoms with van der Waals surface area (Å²) in [6, 6.07) is -0.688. The minimum absolute atomic E-state index is 0.0283. The average Bonchev–Trinajstić information content (AvgIpc) is 3.03. The van der Waals surface area contributed by atoms with Gasteiger partial charge in [-0.2, -0.15) is 5.10 Å². The number of hydrogen-bond donors (Lipinski definition) is 2. The monoisotopic (exact) mass is 290 g/mol.